The van der Waals surface area contributed by atoms with Gasteiger partial charge in [0.1, 0.15) is 5.69 Å². The van der Waals surface area contributed by atoms with Crippen LogP contribution >= 0.6 is 0 Å². The molecule has 1 aromatic carbocycles. The summed E-state index contributed by atoms with van der Waals surface area (Å²) in [7, 11) is 0. The maximum Gasteiger partial charge on any atom is 0.295 e. The number of hydrogen-bond donors (Lipinski definition) is 1. The fourth-order valence-electron chi connectivity index (χ4n) is 1.76. The summed E-state index contributed by atoms with van der Waals surface area (Å²) in [5.41, 5.74) is 1.95. The maximum absolute atomic E-state index is 11.0. The van der Waals surface area contributed by atoms with Gasteiger partial charge in [0.2, 0.25) is 0 Å². The second-order valence-corrected chi connectivity index (χ2v) is 3.94. The molecule has 0 saturated heterocycles. The molecule has 6 nitrogen and oxygen atoms in total. The van der Waals surface area contributed by atoms with Crippen LogP contribution in [0.1, 0.15) is 12.5 Å². The van der Waals surface area contributed by atoms with Crippen LogP contribution in [0.15, 0.2) is 30.6 Å². The molecule has 6 heteroatoms. The number of para-hydroxylation sites is 1. The van der Waals surface area contributed by atoms with Crippen LogP contribution in [0.25, 0.3) is 0 Å². The van der Waals surface area contributed by atoms with Gasteiger partial charge in [0.15, 0.2) is 0 Å². The number of nitro groups is 1. The molecular formula is C12H14N4O2. The number of aromatic nitrogens is 2. The second kappa shape index (κ2) is 4.87. The van der Waals surface area contributed by atoms with Crippen LogP contribution < -0.4 is 5.32 Å². The van der Waals surface area contributed by atoms with Crippen LogP contribution in [-0.2, 0) is 6.54 Å². The van der Waals surface area contributed by atoms with Crippen molar-refractivity contribution < 1.29 is 4.92 Å². The number of hydrogen-bond acceptors (Lipinski definition) is 4. The largest absolute Gasteiger partial charge is 0.347 e. The molecular weight excluding hydrogens is 232 g/mol. The van der Waals surface area contributed by atoms with E-state index in [9.17, 15) is 10.1 Å². The Kier molecular flexibility index (Phi) is 3.27. The van der Waals surface area contributed by atoms with E-state index < -0.39 is 0 Å². The Morgan fingerprint density at radius 2 is 2.28 bits per heavy atom. The summed E-state index contributed by atoms with van der Waals surface area (Å²) in [6.07, 6.45) is 3.46. The van der Waals surface area contributed by atoms with Crippen molar-refractivity contribution in [1.82, 2.24) is 9.78 Å². The van der Waals surface area contributed by atoms with Crippen molar-refractivity contribution in [2.45, 2.75) is 20.4 Å². The number of nitrogens with zero attached hydrogens (tertiary/aromatic N) is 3. The first-order valence-electron chi connectivity index (χ1n) is 5.65. The highest BCUT2D eigenvalue weighted by Crippen LogP contribution is 2.30. The third-order valence-electron chi connectivity index (χ3n) is 2.66. The van der Waals surface area contributed by atoms with Gasteiger partial charge in [-0.05, 0) is 19.9 Å². The predicted octanol–water partition coefficient (Wildman–Crippen LogP) is 2.86. The van der Waals surface area contributed by atoms with Gasteiger partial charge in [-0.25, -0.2) is 0 Å². The van der Waals surface area contributed by atoms with E-state index in [2.05, 4.69) is 10.4 Å². The molecule has 0 saturated carbocycles. The van der Waals surface area contributed by atoms with E-state index in [0.29, 0.717) is 11.3 Å². The van der Waals surface area contributed by atoms with Crippen LogP contribution in [0.5, 0.6) is 0 Å². The summed E-state index contributed by atoms with van der Waals surface area (Å²) in [4.78, 5) is 10.7. The van der Waals surface area contributed by atoms with Crippen LogP contribution in [-0.4, -0.2) is 14.7 Å². The smallest absolute Gasteiger partial charge is 0.295 e. The van der Waals surface area contributed by atoms with E-state index in [-0.39, 0.29) is 10.6 Å². The van der Waals surface area contributed by atoms with Crippen molar-refractivity contribution in [3.8, 4) is 0 Å². The van der Waals surface area contributed by atoms with E-state index in [4.69, 9.17) is 0 Å². The standard InChI is InChI=1S/C12H14N4O2/c1-3-15-8-10(7-13-15)14-11-6-4-5-9(2)12(11)16(17)18/h4-8,14H,3H2,1-2H3. The molecule has 0 unspecified atom stereocenters. The van der Waals surface area contributed by atoms with Gasteiger partial charge in [0, 0.05) is 18.3 Å². The summed E-state index contributed by atoms with van der Waals surface area (Å²) in [5, 5.41) is 18.2. The van der Waals surface area contributed by atoms with Crippen molar-refractivity contribution >= 4 is 17.1 Å². The van der Waals surface area contributed by atoms with Gasteiger partial charge in [-0.1, -0.05) is 12.1 Å². The molecule has 0 atom stereocenters. The van der Waals surface area contributed by atoms with Gasteiger partial charge in [0.05, 0.1) is 16.8 Å². The molecule has 1 N–H and O–H groups in total. The third-order valence-corrected chi connectivity index (χ3v) is 2.66. The molecule has 2 aromatic rings. The van der Waals surface area contributed by atoms with Crippen molar-refractivity contribution in [3.05, 3.63) is 46.3 Å². The number of anilines is 2. The zero-order valence-electron chi connectivity index (χ0n) is 10.3. The molecule has 0 spiro atoms. The Hall–Kier alpha value is -2.37. The van der Waals surface area contributed by atoms with Gasteiger partial charge in [-0.15, -0.1) is 0 Å². The molecule has 0 fully saturated rings. The summed E-state index contributed by atoms with van der Waals surface area (Å²) in [5.74, 6) is 0. The fraction of sp³-hybridized carbons (Fsp3) is 0.250. The molecule has 18 heavy (non-hydrogen) atoms. The van der Waals surface area contributed by atoms with Gasteiger partial charge < -0.3 is 5.32 Å². The van der Waals surface area contributed by atoms with Gasteiger partial charge in [-0.2, -0.15) is 5.10 Å². The minimum atomic E-state index is -0.373. The SMILES string of the molecule is CCn1cc(Nc2cccc(C)c2[N+](=O)[O-])cn1. The Labute approximate surface area is 104 Å². The first kappa shape index (κ1) is 12.1. The lowest BCUT2D eigenvalue weighted by molar-refractivity contribution is -0.384. The lowest BCUT2D eigenvalue weighted by atomic mass is 10.1. The van der Waals surface area contributed by atoms with Crippen LogP contribution in [0.4, 0.5) is 17.1 Å². The molecule has 0 amide bonds. The molecule has 2 rings (SSSR count). The lowest BCUT2D eigenvalue weighted by Crippen LogP contribution is -1.98. The number of nitrogens with one attached hydrogen (secondary N) is 1. The number of rotatable bonds is 4. The number of benzene rings is 1. The van der Waals surface area contributed by atoms with Crippen LogP contribution in [0.2, 0.25) is 0 Å². The second-order valence-electron chi connectivity index (χ2n) is 3.94. The maximum atomic E-state index is 11.0. The Bertz CT molecular complexity index is 577. The molecule has 0 radical (unpaired) electrons. The van der Waals surface area contributed by atoms with E-state index in [0.717, 1.165) is 12.2 Å². The Morgan fingerprint density at radius 1 is 1.50 bits per heavy atom. The van der Waals surface area contributed by atoms with E-state index in [1.807, 2.05) is 13.1 Å². The van der Waals surface area contributed by atoms with Gasteiger partial charge in [0.25, 0.3) is 5.69 Å². The van der Waals surface area contributed by atoms with Gasteiger partial charge in [-0.3, -0.25) is 14.8 Å². The first-order valence-corrected chi connectivity index (χ1v) is 5.65. The molecule has 0 aliphatic carbocycles. The highest BCUT2D eigenvalue weighted by molar-refractivity contribution is 5.71. The predicted molar refractivity (Wildman–Crippen MR) is 69.0 cm³/mol. The van der Waals surface area contributed by atoms with Gasteiger partial charge >= 0.3 is 0 Å². The zero-order chi connectivity index (χ0) is 13.1. The molecule has 0 aliphatic heterocycles. The zero-order valence-corrected chi connectivity index (χ0v) is 10.3. The highest BCUT2D eigenvalue weighted by Gasteiger charge is 2.16. The summed E-state index contributed by atoms with van der Waals surface area (Å²) in [6.45, 7) is 4.46. The van der Waals surface area contributed by atoms with Crippen molar-refractivity contribution in [2.24, 2.45) is 0 Å². The average Bonchev–Trinajstić information content (AvgIpc) is 2.76. The van der Waals surface area contributed by atoms with Crippen molar-refractivity contribution in [3.63, 3.8) is 0 Å². The summed E-state index contributed by atoms with van der Waals surface area (Å²) >= 11 is 0. The molecule has 1 heterocycles. The number of nitro benzene ring substituents is 1. The highest BCUT2D eigenvalue weighted by atomic mass is 16.6. The number of aryl methyl sites for hydroxylation is 2. The molecule has 0 aliphatic rings. The van der Waals surface area contributed by atoms with Crippen LogP contribution in [0.3, 0.4) is 0 Å². The quantitative estimate of drug-likeness (QED) is 0.665. The monoisotopic (exact) mass is 246 g/mol. The van der Waals surface area contributed by atoms with E-state index in [1.165, 1.54) is 0 Å². The summed E-state index contributed by atoms with van der Waals surface area (Å²) < 4.78 is 1.75. The third kappa shape index (κ3) is 2.32. The Morgan fingerprint density at radius 3 is 2.89 bits per heavy atom. The Balaban J connectivity index is 2.34. The average molecular weight is 246 g/mol. The topological polar surface area (TPSA) is 73.0 Å². The molecule has 0 bridgehead atoms. The van der Waals surface area contributed by atoms with Crippen molar-refractivity contribution in [2.75, 3.05) is 5.32 Å². The van der Waals surface area contributed by atoms with E-state index in [1.54, 1.807) is 36.0 Å². The van der Waals surface area contributed by atoms with Crippen LogP contribution in [0, 0.1) is 17.0 Å². The van der Waals surface area contributed by atoms with Crippen molar-refractivity contribution in [1.29, 1.82) is 0 Å². The minimum Gasteiger partial charge on any atom is -0.347 e. The lowest BCUT2D eigenvalue weighted by Gasteiger charge is -2.06. The molecule has 94 valence electrons. The first-order chi connectivity index (χ1) is 8.61. The fourth-order valence-corrected chi connectivity index (χ4v) is 1.76. The molecule has 1 aromatic heterocycles. The normalized spacial score (nSPS) is 10.3. The summed E-state index contributed by atoms with van der Waals surface area (Å²) in [6, 6.07) is 5.20. The minimum absolute atomic E-state index is 0.0988. The van der Waals surface area contributed by atoms with E-state index >= 15 is 0 Å².